The molecule has 0 radical (unpaired) electrons. The molecule has 3 aliphatic rings. The topological polar surface area (TPSA) is 333 Å². The average molecular weight is 933 g/mol. The van der Waals surface area contributed by atoms with Gasteiger partial charge in [-0.3, -0.25) is 43.2 Å². The Hall–Kier alpha value is -4.33. The predicted octanol–water partition coefficient (Wildman–Crippen LogP) is -4.32. The number of nitrogens with two attached hydrogens (primary N) is 2. The van der Waals surface area contributed by atoms with Crippen LogP contribution in [0.3, 0.4) is 0 Å². The number of rotatable bonds is 22. The third kappa shape index (κ3) is 13.8. The number of aliphatic hydroxyl groups is 1. The number of carboxylic acids is 1. The SMILES string of the molecule is CSCC[C@H](NC(=O)[C@@H]1CCCN1C(=O)[C@@H]1CCCN1C(=O)[C@@H]1CCCN1C(=O)[C@H](CC(N)=O)NC(=O)[C@@H](NC(=O)[C@H](C)NC(=O)[C@@H](N)CS)[C@@H](C)O)C(=O)N[C@@H](CS)C(=O)O. The maximum Gasteiger partial charge on any atom is 0.327 e. The number of likely N-dealkylation sites (tertiary alicyclic amines) is 3. The van der Waals surface area contributed by atoms with E-state index in [1.165, 1.54) is 40.3 Å². The number of nitrogens with one attached hydrogen (secondary N) is 5. The molecule has 25 heteroatoms. The molecule has 10 atom stereocenters. The summed E-state index contributed by atoms with van der Waals surface area (Å²) < 4.78 is 0. The number of hydrogen-bond donors (Lipinski definition) is 11. The molecule has 11 N–H and O–H groups in total. The maximum atomic E-state index is 14.3. The lowest BCUT2D eigenvalue weighted by Crippen LogP contribution is -2.61. The second-order valence-electron chi connectivity index (χ2n) is 15.5. The molecular weight excluding hydrogens is 873 g/mol. The predicted molar refractivity (Wildman–Crippen MR) is 231 cm³/mol. The highest BCUT2D eigenvalue weighted by Gasteiger charge is 2.47. The summed E-state index contributed by atoms with van der Waals surface area (Å²) in [6.45, 7) is 2.93. The maximum absolute atomic E-state index is 14.3. The van der Waals surface area contributed by atoms with Crippen molar-refractivity contribution in [2.24, 2.45) is 11.5 Å². The molecule has 0 saturated carbocycles. The van der Waals surface area contributed by atoms with E-state index in [0.29, 0.717) is 25.0 Å². The number of thioether (sulfide) groups is 1. The van der Waals surface area contributed by atoms with Crippen LogP contribution in [0.25, 0.3) is 0 Å². The first-order chi connectivity index (χ1) is 29.3. The number of carboxylic acid groups (broad SMARTS) is 1. The van der Waals surface area contributed by atoms with E-state index in [1.54, 1.807) is 0 Å². The fourth-order valence-electron chi connectivity index (χ4n) is 7.51. The molecule has 0 bridgehead atoms. The number of thiol groups is 2. The van der Waals surface area contributed by atoms with Gasteiger partial charge in [0.15, 0.2) is 0 Å². The fourth-order valence-corrected chi connectivity index (χ4v) is 8.39. The number of hydrogen-bond acceptors (Lipinski definition) is 15. The lowest BCUT2D eigenvalue weighted by Gasteiger charge is -2.35. The molecule has 348 valence electrons. The van der Waals surface area contributed by atoms with E-state index >= 15 is 0 Å². The molecule has 0 aromatic carbocycles. The van der Waals surface area contributed by atoms with Crippen molar-refractivity contribution in [3.05, 3.63) is 0 Å². The number of primary amides is 1. The van der Waals surface area contributed by atoms with Gasteiger partial charge in [-0.1, -0.05) is 0 Å². The van der Waals surface area contributed by atoms with E-state index in [2.05, 4.69) is 51.8 Å². The van der Waals surface area contributed by atoms with Gasteiger partial charge in [-0.05, 0) is 70.8 Å². The summed E-state index contributed by atoms with van der Waals surface area (Å²) in [5, 5.41) is 31.9. The number of amides is 9. The highest BCUT2D eigenvalue weighted by Crippen LogP contribution is 2.29. The zero-order valence-electron chi connectivity index (χ0n) is 34.9. The minimum atomic E-state index is -1.66. The third-order valence-electron chi connectivity index (χ3n) is 10.9. The summed E-state index contributed by atoms with van der Waals surface area (Å²) >= 11 is 9.35. The highest BCUT2D eigenvalue weighted by atomic mass is 32.2. The minimum absolute atomic E-state index is 0.00519. The number of aliphatic carboxylic acids is 1. The van der Waals surface area contributed by atoms with Gasteiger partial charge < -0.3 is 63.0 Å². The summed E-state index contributed by atoms with van der Waals surface area (Å²) in [5.41, 5.74) is 11.1. The van der Waals surface area contributed by atoms with Gasteiger partial charge in [0.25, 0.3) is 0 Å². The van der Waals surface area contributed by atoms with Crippen molar-refractivity contribution in [2.75, 3.05) is 43.1 Å². The highest BCUT2D eigenvalue weighted by molar-refractivity contribution is 7.98. The van der Waals surface area contributed by atoms with Crippen LogP contribution in [0.4, 0.5) is 0 Å². The second-order valence-corrected chi connectivity index (χ2v) is 17.2. The largest absolute Gasteiger partial charge is 0.480 e. The monoisotopic (exact) mass is 932 g/mol. The van der Waals surface area contributed by atoms with Crippen molar-refractivity contribution in [1.29, 1.82) is 0 Å². The first-order valence-corrected chi connectivity index (χ1v) is 23.0. The molecule has 3 saturated heterocycles. The summed E-state index contributed by atoms with van der Waals surface area (Å²) in [6.07, 6.45) is 1.79. The van der Waals surface area contributed by atoms with Gasteiger partial charge in [0.2, 0.25) is 53.2 Å². The molecule has 0 aliphatic carbocycles. The van der Waals surface area contributed by atoms with Crippen molar-refractivity contribution < 1.29 is 58.2 Å². The van der Waals surface area contributed by atoms with Crippen molar-refractivity contribution in [3.63, 3.8) is 0 Å². The molecule has 0 unspecified atom stereocenters. The van der Waals surface area contributed by atoms with E-state index in [0.717, 1.165) is 0 Å². The zero-order chi connectivity index (χ0) is 46.4. The van der Waals surface area contributed by atoms with E-state index in [4.69, 9.17) is 11.5 Å². The number of nitrogens with zero attached hydrogens (tertiary/aromatic N) is 3. The first-order valence-electron chi connectivity index (χ1n) is 20.4. The van der Waals surface area contributed by atoms with Crippen LogP contribution in [-0.2, 0) is 47.9 Å². The molecule has 0 aromatic rings. The van der Waals surface area contributed by atoms with Crippen LogP contribution in [-0.4, -0.2) is 188 Å². The average Bonchev–Trinajstić information content (AvgIpc) is 4.03. The lowest BCUT2D eigenvalue weighted by molar-refractivity contribution is -0.151. The van der Waals surface area contributed by atoms with Crippen molar-refractivity contribution in [1.82, 2.24) is 41.3 Å². The Morgan fingerprint density at radius 3 is 1.74 bits per heavy atom. The van der Waals surface area contributed by atoms with Crippen LogP contribution in [0.15, 0.2) is 0 Å². The summed E-state index contributed by atoms with van der Waals surface area (Å²) in [7, 11) is 0. The second kappa shape index (κ2) is 24.5. The number of aliphatic hydroxyl groups excluding tert-OH is 1. The van der Waals surface area contributed by atoms with Crippen molar-refractivity contribution in [2.45, 2.75) is 126 Å². The normalized spacial score (nSPS) is 22.0. The molecule has 3 heterocycles. The Kier molecular flexibility index (Phi) is 20.6. The van der Waals surface area contributed by atoms with E-state index < -0.39 is 126 Å². The molecule has 0 spiro atoms. The van der Waals surface area contributed by atoms with Gasteiger partial charge in [0, 0.05) is 31.1 Å². The first kappa shape index (κ1) is 52.0. The zero-order valence-corrected chi connectivity index (χ0v) is 37.6. The Morgan fingerprint density at radius 2 is 1.23 bits per heavy atom. The van der Waals surface area contributed by atoms with Crippen LogP contribution in [0.5, 0.6) is 0 Å². The van der Waals surface area contributed by atoms with Crippen molar-refractivity contribution >= 4 is 96.2 Å². The van der Waals surface area contributed by atoms with Gasteiger partial charge in [0.05, 0.1) is 18.6 Å². The van der Waals surface area contributed by atoms with Gasteiger partial charge in [-0.25, -0.2) is 4.79 Å². The molecule has 3 aliphatic heterocycles. The lowest BCUT2D eigenvalue weighted by atomic mass is 10.1. The van der Waals surface area contributed by atoms with Crippen LogP contribution in [0, 0.1) is 0 Å². The number of carbonyl (C=O) groups excluding carboxylic acids is 9. The van der Waals surface area contributed by atoms with Gasteiger partial charge in [-0.2, -0.15) is 37.0 Å². The molecular formula is C37H60N10O12S3. The summed E-state index contributed by atoms with van der Waals surface area (Å²) in [6, 6.07) is -10.9. The Morgan fingerprint density at radius 1 is 0.694 bits per heavy atom. The van der Waals surface area contributed by atoms with E-state index in [9.17, 15) is 58.2 Å². The standard InChI is InChI=1S/C37H60N10O12S3/c1-18(40-30(51)20(38)16-60)29(50)44-28(19(2)48)33(54)42-22(15-27(39)49)34(55)46-12-5-8-25(46)36(57)47-13-6-9-26(47)35(56)45-11-4-7-24(45)32(53)41-21(10-14-62-3)31(52)43-23(17-61)37(58)59/h18-26,28,48,60-61H,4-17,38H2,1-3H3,(H2,39,49)(H,40,51)(H,41,53)(H,42,54)(H,43,52)(H,44,50)(H,58,59)/t18-,19+,20-,21-,22-,23-,24-,25-,26-,28-/m0/s1. The van der Waals surface area contributed by atoms with Gasteiger partial charge >= 0.3 is 5.97 Å². The quantitative estimate of drug-likeness (QED) is 0.0458. The Balaban J connectivity index is 1.75. The minimum Gasteiger partial charge on any atom is -0.480 e. The Labute approximate surface area is 374 Å². The molecule has 62 heavy (non-hydrogen) atoms. The summed E-state index contributed by atoms with van der Waals surface area (Å²) in [5.74, 6) is -7.79. The Bertz CT molecular complexity index is 1690. The molecule has 3 fully saturated rings. The molecule has 9 amide bonds. The molecule has 22 nitrogen and oxygen atoms in total. The van der Waals surface area contributed by atoms with Crippen molar-refractivity contribution in [3.8, 4) is 0 Å². The van der Waals surface area contributed by atoms with Gasteiger partial charge in [0.1, 0.15) is 48.3 Å². The third-order valence-corrected chi connectivity index (χ3v) is 12.3. The van der Waals surface area contributed by atoms with Crippen LogP contribution in [0.2, 0.25) is 0 Å². The number of carbonyl (C=O) groups is 10. The molecule has 3 rings (SSSR count). The molecule has 0 aromatic heterocycles. The van der Waals surface area contributed by atoms with Crippen LogP contribution in [0.1, 0.15) is 65.2 Å². The van der Waals surface area contributed by atoms with E-state index in [-0.39, 0.29) is 56.8 Å². The summed E-state index contributed by atoms with van der Waals surface area (Å²) in [4.78, 5) is 135. The van der Waals surface area contributed by atoms with Gasteiger partial charge in [-0.15, -0.1) is 0 Å². The van der Waals surface area contributed by atoms with E-state index in [1.807, 2.05) is 6.26 Å². The van der Waals surface area contributed by atoms with Crippen LogP contribution >= 0.6 is 37.0 Å². The smallest absolute Gasteiger partial charge is 0.327 e. The van der Waals surface area contributed by atoms with Crippen LogP contribution < -0.4 is 38.1 Å². The fraction of sp³-hybridized carbons (Fsp3) is 0.730.